The standard InChI is InChI=1S/C20H18N2O3S/c1-10-4-5-14-13(8-10)16(19(23)22-14)17-15(20(24)25-3)11(2)21-18(17)12-6-7-26-9-12/h4-9,16,21H,1-3H3,(H,22,23)/t16-/m1/s1. The van der Waals surface area contributed by atoms with Crippen LogP contribution in [0.2, 0.25) is 0 Å². The van der Waals surface area contributed by atoms with Gasteiger partial charge in [-0.25, -0.2) is 4.79 Å². The van der Waals surface area contributed by atoms with E-state index < -0.39 is 11.9 Å². The van der Waals surface area contributed by atoms with Gasteiger partial charge in [0.15, 0.2) is 0 Å². The predicted molar refractivity (Wildman–Crippen MR) is 102 cm³/mol. The molecule has 0 saturated heterocycles. The molecular formula is C20H18N2O3S. The van der Waals surface area contributed by atoms with E-state index in [1.54, 1.807) is 11.3 Å². The summed E-state index contributed by atoms with van der Waals surface area (Å²) in [6, 6.07) is 7.85. The van der Waals surface area contributed by atoms with Gasteiger partial charge in [-0.15, -0.1) is 0 Å². The van der Waals surface area contributed by atoms with E-state index in [9.17, 15) is 9.59 Å². The van der Waals surface area contributed by atoms with Gasteiger partial charge in [-0.2, -0.15) is 11.3 Å². The van der Waals surface area contributed by atoms with Crippen molar-refractivity contribution >= 4 is 28.9 Å². The van der Waals surface area contributed by atoms with Gasteiger partial charge in [-0.1, -0.05) is 17.7 Å². The third-order valence-corrected chi connectivity index (χ3v) is 5.44. The fraction of sp³-hybridized carbons (Fsp3) is 0.200. The number of aryl methyl sites for hydroxylation is 2. The molecule has 4 rings (SSSR count). The number of nitrogens with one attached hydrogen (secondary N) is 2. The summed E-state index contributed by atoms with van der Waals surface area (Å²) in [5, 5.41) is 6.91. The number of ether oxygens (including phenoxy) is 1. The summed E-state index contributed by atoms with van der Waals surface area (Å²) >= 11 is 1.57. The lowest BCUT2D eigenvalue weighted by Gasteiger charge is -2.13. The summed E-state index contributed by atoms with van der Waals surface area (Å²) < 4.78 is 5.01. The summed E-state index contributed by atoms with van der Waals surface area (Å²) in [4.78, 5) is 28.7. The number of hydrogen-bond donors (Lipinski definition) is 2. The lowest BCUT2D eigenvalue weighted by atomic mass is 9.87. The maximum Gasteiger partial charge on any atom is 0.340 e. The normalized spacial score (nSPS) is 15.7. The summed E-state index contributed by atoms with van der Waals surface area (Å²) in [6.45, 7) is 3.82. The summed E-state index contributed by atoms with van der Waals surface area (Å²) in [5.41, 5.74) is 6.29. The first kappa shape index (κ1) is 16.6. The van der Waals surface area contributed by atoms with E-state index in [4.69, 9.17) is 4.74 Å². The first-order chi connectivity index (χ1) is 12.5. The molecule has 0 aliphatic carbocycles. The Balaban J connectivity index is 2.01. The van der Waals surface area contributed by atoms with Gasteiger partial charge in [0, 0.05) is 27.9 Å². The fourth-order valence-corrected chi connectivity index (χ4v) is 4.25. The number of aromatic nitrogens is 1. The van der Waals surface area contributed by atoms with Gasteiger partial charge >= 0.3 is 5.97 Å². The number of anilines is 1. The molecule has 0 saturated carbocycles. The number of hydrogen-bond acceptors (Lipinski definition) is 4. The van der Waals surface area contributed by atoms with Crippen LogP contribution < -0.4 is 5.32 Å². The molecule has 2 aromatic heterocycles. The lowest BCUT2D eigenvalue weighted by molar-refractivity contribution is -0.116. The van der Waals surface area contributed by atoms with Gasteiger partial charge in [0.2, 0.25) is 5.91 Å². The molecule has 0 radical (unpaired) electrons. The van der Waals surface area contributed by atoms with Gasteiger partial charge < -0.3 is 15.0 Å². The van der Waals surface area contributed by atoms with E-state index >= 15 is 0 Å². The van der Waals surface area contributed by atoms with Crippen molar-refractivity contribution in [3.63, 3.8) is 0 Å². The van der Waals surface area contributed by atoms with Crippen molar-refractivity contribution in [2.45, 2.75) is 19.8 Å². The molecule has 1 aliphatic heterocycles. The highest BCUT2D eigenvalue weighted by molar-refractivity contribution is 7.08. The Hall–Kier alpha value is -2.86. The van der Waals surface area contributed by atoms with Gasteiger partial charge in [0.1, 0.15) is 0 Å². The number of benzene rings is 1. The lowest BCUT2D eigenvalue weighted by Crippen LogP contribution is -2.17. The molecule has 1 aromatic carbocycles. The van der Waals surface area contributed by atoms with Crippen LogP contribution in [0.15, 0.2) is 35.0 Å². The molecule has 132 valence electrons. The molecule has 3 heterocycles. The number of methoxy groups -OCH3 is 1. The van der Waals surface area contributed by atoms with Crippen LogP contribution in [0.3, 0.4) is 0 Å². The SMILES string of the molecule is COC(=O)c1c(C)[nH]c(-c2ccsc2)c1[C@@H]1C(=O)Nc2ccc(C)cc21. The fourth-order valence-electron chi connectivity index (χ4n) is 3.60. The third kappa shape index (κ3) is 2.45. The molecule has 3 aromatic rings. The number of carbonyl (C=O) groups is 2. The largest absolute Gasteiger partial charge is 0.465 e. The van der Waals surface area contributed by atoms with E-state index in [1.165, 1.54) is 7.11 Å². The predicted octanol–water partition coefficient (Wildman–Crippen LogP) is 4.23. The molecule has 1 amide bonds. The monoisotopic (exact) mass is 366 g/mol. The third-order valence-electron chi connectivity index (χ3n) is 4.75. The Labute approximate surface area is 155 Å². The molecule has 2 N–H and O–H groups in total. The van der Waals surface area contributed by atoms with Crippen LogP contribution in [0.4, 0.5) is 5.69 Å². The Morgan fingerprint density at radius 1 is 1.23 bits per heavy atom. The number of esters is 1. The second-order valence-corrected chi connectivity index (χ2v) is 7.21. The zero-order chi connectivity index (χ0) is 18.4. The van der Waals surface area contributed by atoms with Gasteiger partial charge in [-0.3, -0.25) is 4.79 Å². The molecular weight excluding hydrogens is 348 g/mol. The average Bonchev–Trinajstić information content (AvgIpc) is 3.31. The van der Waals surface area contributed by atoms with Crippen molar-refractivity contribution in [1.29, 1.82) is 0 Å². The van der Waals surface area contributed by atoms with Crippen molar-refractivity contribution in [2.75, 3.05) is 12.4 Å². The smallest absolute Gasteiger partial charge is 0.340 e. The Kier molecular flexibility index (Phi) is 3.92. The minimum Gasteiger partial charge on any atom is -0.465 e. The summed E-state index contributed by atoms with van der Waals surface area (Å²) in [7, 11) is 1.36. The van der Waals surface area contributed by atoms with Gasteiger partial charge in [0.25, 0.3) is 0 Å². The summed E-state index contributed by atoms with van der Waals surface area (Å²) in [6.07, 6.45) is 0. The minimum atomic E-state index is -0.557. The molecule has 0 unspecified atom stereocenters. The molecule has 0 spiro atoms. The van der Waals surface area contributed by atoms with Crippen molar-refractivity contribution < 1.29 is 14.3 Å². The highest BCUT2D eigenvalue weighted by Crippen LogP contribution is 2.44. The highest BCUT2D eigenvalue weighted by Gasteiger charge is 2.38. The number of aromatic amines is 1. The van der Waals surface area contributed by atoms with Crippen molar-refractivity contribution in [1.82, 2.24) is 4.98 Å². The topological polar surface area (TPSA) is 71.2 Å². The molecule has 1 atom stereocenters. The number of rotatable bonds is 3. The average molecular weight is 366 g/mol. The van der Waals surface area contributed by atoms with Crippen LogP contribution >= 0.6 is 11.3 Å². The van der Waals surface area contributed by atoms with Gasteiger partial charge in [-0.05, 0) is 36.9 Å². The number of thiophene rings is 1. The first-order valence-electron chi connectivity index (χ1n) is 8.26. The number of fused-ring (bicyclic) bond motifs is 1. The van der Waals surface area contributed by atoms with Crippen LogP contribution in [0.25, 0.3) is 11.3 Å². The van der Waals surface area contributed by atoms with E-state index in [0.29, 0.717) is 16.8 Å². The Bertz CT molecular complexity index is 1020. The van der Waals surface area contributed by atoms with E-state index in [1.807, 2.05) is 48.9 Å². The van der Waals surface area contributed by atoms with Crippen LogP contribution in [-0.2, 0) is 9.53 Å². The van der Waals surface area contributed by atoms with Crippen molar-refractivity contribution in [3.05, 3.63) is 63.0 Å². The van der Waals surface area contributed by atoms with E-state index in [2.05, 4.69) is 10.3 Å². The number of amides is 1. The molecule has 1 aliphatic rings. The zero-order valence-electron chi connectivity index (χ0n) is 14.7. The Morgan fingerprint density at radius 3 is 2.73 bits per heavy atom. The molecule has 26 heavy (non-hydrogen) atoms. The number of H-pyrrole nitrogens is 1. The summed E-state index contributed by atoms with van der Waals surface area (Å²) in [5.74, 6) is -1.13. The van der Waals surface area contributed by atoms with Crippen LogP contribution in [0.5, 0.6) is 0 Å². The second kappa shape index (κ2) is 6.14. The van der Waals surface area contributed by atoms with Crippen LogP contribution in [0.1, 0.15) is 38.7 Å². The maximum absolute atomic E-state index is 12.9. The zero-order valence-corrected chi connectivity index (χ0v) is 15.5. The first-order valence-corrected chi connectivity index (χ1v) is 9.20. The number of carbonyl (C=O) groups excluding carboxylic acids is 2. The van der Waals surface area contributed by atoms with E-state index in [0.717, 1.165) is 28.1 Å². The molecule has 5 nitrogen and oxygen atoms in total. The van der Waals surface area contributed by atoms with E-state index in [-0.39, 0.29) is 5.91 Å². The van der Waals surface area contributed by atoms with Crippen LogP contribution in [0, 0.1) is 13.8 Å². The minimum absolute atomic E-state index is 0.133. The maximum atomic E-state index is 12.9. The molecule has 6 heteroatoms. The highest BCUT2D eigenvalue weighted by atomic mass is 32.1. The second-order valence-electron chi connectivity index (χ2n) is 6.43. The van der Waals surface area contributed by atoms with Crippen molar-refractivity contribution in [2.24, 2.45) is 0 Å². The molecule has 0 fully saturated rings. The Morgan fingerprint density at radius 2 is 2.04 bits per heavy atom. The molecule has 0 bridgehead atoms. The quantitative estimate of drug-likeness (QED) is 0.682. The van der Waals surface area contributed by atoms with Crippen LogP contribution in [-0.4, -0.2) is 24.0 Å². The van der Waals surface area contributed by atoms with Gasteiger partial charge in [0.05, 0.1) is 24.3 Å². The van der Waals surface area contributed by atoms with Crippen molar-refractivity contribution in [3.8, 4) is 11.3 Å².